The number of nitrogens with one attached hydrogen (secondary N) is 1. The Balaban J connectivity index is 1.88. The van der Waals surface area contributed by atoms with E-state index in [1.165, 1.54) is 24.6 Å². The smallest absolute Gasteiger partial charge is 0.358 e. The third kappa shape index (κ3) is 3.26. The zero-order valence-electron chi connectivity index (χ0n) is 13.3. The highest BCUT2D eigenvalue weighted by molar-refractivity contribution is 5.87. The summed E-state index contributed by atoms with van der Waals surface area (Å²) in [6.45, 7) is 1.02. The Morgan fingerprint density at radius 3 is 3.00 bits per heavy atom. The Hall–Kier alpha value is -2.63. The number of benzene rings is 1. The lowest BCUT2D eigenvalue weighted by Crippen LogP contribution is -2.18. The number of carbonyl (C=O) groups is 1. The summed E-state index contributed by atoms with van der Waals surface area (Å²) in [5.74, 6) is 0.0967. The molecule has 2 aromatic rings. The topological polar surface area (TPSA) is 67.3 Å². The van der Waals surface area contributed by atoms with Crippen LogP contribution in [0.2, 0.25) is 0 Å². The highest BCUT2D eigenvalue weighted by Gasteiger charge is 2.21. The van der Waals surface area contributed by atoms with Crippen molar-refractivity contribution in [2.24, 2.45) is 0 Å². The van der Waals surface area contributed by atoms with Crippen LogP contribution in [-0.4, -0.2) is 36.6 Å². The lowest BCUT2D eigenvalue weighted by Gasteiger charge is -2.22. The SMILES string of the molecule is COC(=O)c1cncc(NC2CCCN(C)c3ccccc32)n1. The highest BCUT2D eigenvalue weighted by Crippen LogP contribution is 2.33. The summed E-state index contributed by atoms with van der Waals surface area (Å²) in [7, 11) is 3.44. The Labute approximate surface area is 135 Å². The molecule has 0 saturated carbocycles. The fourth-order valence-corrected chi connectivity index (χ4v) is 2.91. The van der Waals surface area contributed by atoms with E-state index in [9.17, 15) is 4.79 Å². The molecule has 0 fully saturated rings. The molecule has 1 N–H and O–H groups in total. The number of ether oxygens (including phenoxy) is 1. The molecule has 0 bridgehead atoms. The second-order valence-electron chi connectivity index (χ2n) is 5.60. The van der Waals surface area contributed by atoms with E-state index in [4.69, 9.17) is 4.74 Å². The van der Waals surface area contributed by atoms with Gasteiger partial charge in [-0.1, -0.05) is 18.2 Å². The lowest BCUT2D eigenvalue weighted by molar-refractivity contribution is 0.0593. The second kappa shape index (κ2) is 6.64. The minimum Gasteiger partial charge on any atom is -0.464 e. The number of anilines is 2. The average molecular weight is 312 g/mol. The first kappa shape index (κ1) is 15.3. The van der Waals surface area contributed by atoms with Crippen LogP contribution < -0.4 is 10.2 Å². The fraction of sp³-hybridized carbons (Fsp3) is 0.353. The molecule has 1 aromatic carbocycles. The first-order valence-corrected chi connectivity index (χ1v) is 7.66. The van der Waals surface area contributed by atoms with E-state index in [0.717, 1.165) is 19.4 Å². The first-order chi connectivity index (χ1) is 11.2. The maximum atomic E-state index is 11.6. The minimum atomic E-state index is -0.484. The van der Waals surface area contributed by atoms with Crippen LogP contribution in [0.15, 0.2) is 36.7 Å². The van der Waals surface area contributed by atoms with E-state index >= 15 is 0 Å². The van der Waals surface area contributed by atoms with Crippen LogP contribution in [0.5, 0.6) is 0 Å². The lowest BCUT2D eigenvalue weighted by atomic mass is 10.0. The monoisotopic (exact) mass is 312 g/mol. The van der Waals surface area contributed by atoms with Gasteiger partial charge in [0.05, 0.1) is 25.5 Å². The molecule has 2 heterocycles. The molecular formula is C17H20N4O2. The van der Waals surface area contributed by atoms with Crippen LogP contribution in [0.4, 0.5) is 11.5 Å². The molecule has 1 unspecified atom stereocenters. The molecule has 1 atom stereocenters. The van der Waals surface area contributed by atoms with Gasteiger partial charge in [0.15, 0.2) is 5.69 Å². The van der Waals surface area contributed by atoms with Gasteiger partial charge in [0.2, 0.25) is 0 Å². The largest absolute Gasteiger partial charge is 0.464 e. The van der Waals surface area contributed by atoms with Crippen LogP contribution in [0.3, 0.4) is 0 Å². The molecule has 120 valence electrons. The Bertz CT molecular complexity index is 704. The van der Waals surface area contributed by atoms with E-state index in [1.54, 1.807) is 6.20 Å². The standard InChI is InChI=1S/C17H20N4O2/c1-21-9-5-7-13(12-6-3-4-8-15(12)21)19-16-11-18-10-14(20-16)17(22)23-2/h3-4,6,8,10-11,13H,5,7,9H2,1-2H3,(H,19,20). The number of para-hydroxylation sites is 1. The Morgan fingerprint density at radius 2 is 2.17 bits per heavy atom. The van der Waals surface area contributed by atoms with Crippen molar-refractivity contribution in [1.82, 2.24) is 9.97 Å². The highest BCUT2D eigenvalue weighted by atomic mass is 16.5. The first-order valence-electron chi connectivity index (χ1n) is 7.66. The van der Waals surface area contributed by atoms with E-state index < -0.39 is 5.97 Å². The van der Waals surface area contributed by atoms with E-state index in [2.05, 4.69) is 45.4 Å². The van der Waals surface area contributed by atoms with Crippen molar-refractivity contribution in [2.75, 3.05) is 30.9 Å². The van der Waals surface area contributed by atoms with Gasteiger partial charge in [0.25, 0.3) is 0 Å². The maximum Gasteiger partial charge on any atom is 0.358 e. The number of hydrogen-bond donors (Lipinski definition) is 1. The van der Waals surface area contributed by atoms with Gasteiger partial charge < -0.3 is 15.0 Å². The van der Waals surface area contributed by atoms with Crippen LogP contribution in [0.25, 0.3) is 0 Å². The second-order valence-corrected chi connectivity index (χ2v) is 5.60. The summed E-state index contributed by atoms with van der Waals surface area (Å²) < 4.78 is 4.70. The number of nitrogens with zero attached hydrogens (tertiary/aromatic N) is 3. The van der Waals surface area contributed by atoms with Gasteiger partial charge in [0.1, 0.15) is 5.82 Å². The van der Waals surface area contributed by atoms with Crippen molar-refractivity contribution in [1.29, 1.82) is 0 Å². The normalized spacial score (nSPS) is 17.1. The number of aromatic nitrogens is 2. The third-order valence-corrected chi connectivity index (χ3v) is 4.06. The average Bonchev–Trinajstić information content (AvgIpc) is 2.74. The van der Waals surface area contributed by atoms with Crippen LogP contribution in [0.1, 0.15) is 34.9 Å². The van der Waals surface area contributed by atoms with Gasteiger partial charge in [-0.05, 0) is 24.5 Å². The van der Waals surface area contributed by atoms with E-state index in [0.29, 0.717) is 5.82 Å². The van der Waals surface area contributed by atoms with Crippen molar-refractivity contribution < 1.29 is 9.53 Å². The molecule has 6 nitrogen and oxygen atoms in total. The van der Waals surface area contributed by atoms with Crippen molar-refractivity contribution in [3.8, 4) is 0 Å². The molecule has 0 saturated heterocycles. The van der Waals surface area contributed by atoms with Gasteiger partial charge in [-0.2, -0.15) is 0 Å². The number of rotatable bonds is 3. The summed E-state index contributed by atoms with van der Waals surface area (Å²) in [5, 5.41) is 3.41. The molecule has 6 heteroatoms. The van der Waals surface area contributed by atoms with Crippen molar-refractivity contribution >= 4 is 17.5 Å². The molecule has 23 heavy (non-hydrogen) atoms. The summed E-state index contributed by atoms with van der Waals surface area (Å²) >= 11 is 0. The summed E-state index contributed by atoms with van der Waals surface area (Å²) in [5.41, 5.74) is 2.66. The number of carbonyl (C=O) groups excluding carboxylic acids is 1. The summed E-state index contributed by atoms with van der Waals surface area (Å²) in [6, 6.07) is 8.50. The van der Waals surface area contributed by atoms with Crippen LogP contribution in [-0.2, 0) is 4.74 Å². The number of methoxy groups -OCH3 is 1. The molecule has 1 aliphatic rings. The molecule has 0 aliphatic carbocycles. The third-order valence-electron chi connectivity index (χ3n) is 4.06. The van der Waals surface area contributed by atoms with Gasteiger partial charge >= 0.3 is 5.97 Å². The summed E-state index contributed by atoms with van der Waals surface area (Å²) in [6.07, 6.45) is 5.11. The Morgan fingerprint density at radius 1 is 1.35 bits per heavy atom. The van der Waals surface area contributed by atoms with Crippen molar-refractivity contribution in [3.05, 3.63) is 47.9 Å². The molecule has 0 radical (unpaired) electrons. The molecule has 0 spiro atoms. The van der Waals surface area contributed by atoms with Gasteiger partial charge in [-0.3, -0.25) is 4.98 Å². The molecule has 3 rings (SSSR count). The van der Waals surface area contributed by atoms with Crippen LogP contribution >= 0.6 is 0 Å². The maximum absolute atomic E-state index is 11.6. The fourth-order valence-electron chi connectivity index (χ4n) is 2.91. The van der Waals surface area contributed by atoms with E-state index in [1.807, 2.05) is 6.07 Å². The zero-order valence-corrected chi connectivity index (χ0v) is 13.3. The predicted molar refractivity (Wildman–Crippen MR) is 88.7 cm³/mol. The van der Waals surface area contributed by atoms with Gasteiger partial charge in [-0.15, -0.1) is 0 Å². The van der Waals surface area contributed by atoms with Gasteiger partial charge in [0, 0.05) is 19.3 Å². The predicted octanol–water partition coefficient (Wildman–Crippen LogP) is 2.65. The molecule has 0 amide bonds. The van der Waals surface area contributed by atoms with E-state index in [-0.39, 0.29) is 11.7 Å². The zero-order chi connectivity index (χ0) is 16.2. The van der Waals surface area contributed by atoms with Crippen molar-refractivity contribution in [2.45, 2.75) is 18.9 Å². The summed E-state index contributed by atoms with van der Waals surface area (Å²) in [4.78, 5) is 22.2. The Kier molecular flexibility index (Phi) is 4.41. The molecular weight excluding hydrogens is 292 g/mol. The number of esters is 1. The van der Waals surface area contributed by atoms with Crippen LogP contribution in [0, 0.1) is 0 Å². The quantitative estimate of drug-likeness (QED) is 0.879. The number of hydrogen-bond acceptors (Lipinski definition) is 6. The van der Waals surface area contributed by atoms with Crippen molar-refractivity contribution in [3.63, 3.8) is 0 Å². The van der Waals surface area contributed by atoms with Gasteiger partial charge in [-0.25, -0.2) is 9.78 Å². The number of fused-ring (bicyclic) bond motifs is 1. The minimum absolute atomic E-state index is 0.137. The molecule has 1 aliphatic heterocycles. The molecule has 1 aromatic heterocycles.